The van der Waals surface area contributed by atoms with Crippen LogP contribution in [-0.4, -0.2) is 37.1 Å². The smallest absolute Gasteiger partial charge is 0.223 e. The summed E-state index contributed by atoms with van der Waals surface area (Å²) in [6.07, 6.45) is 6.92. The second-order valence-electron chi connectivity index (χ2n) is 7.73. The number of fused-ring (bicyclic) bond motifs is 1. The molecule has 0 saturated carbocycles. The maximum Gasteiger partial charge on any atom is 0.223 e. The van der Waals surface area contributed by atoms with Crippen LogP contribution in [0.25, 0.3) is 11.0 Å². The van der Waals surface area contributed by atoms with Crippen LogP contribution in [0.2, 0.25) is 0 Å². The number of hydrogen-bond donors (Lipinski definition) is 0. The molecule has 1 atom stereocenters. The predicted molar refractivity (Wildman–Crippen MR) is 109 cm³/mol. The van der Waals surface area contributed by atoms with Crippen molar-refractivity contribution in [3.05, 3.63) is 52.6 Å². The minimum Gasteiger partial charge on any atom is -0.336 e. The molecule has 1 saturated heterocycles. The number of likely N-dealkylation sites (tertiary alicyclic amines) is 1. The van der Waals surface area contributed by atoms with E-state index in [4.69, 9.17) is 4.98 Å². The summed E-state index contributed by atoms with van der Waals surface area (Å²) in [5.74, 6) is 0.223. The quantitative estimate of drug-likeness (QED) is 0.697. The van der Waals surface area contributed by atoms with Crippen molar-refractivity contribution in [1.29, 1.82) is 0 Å². The van der Waals surface area contributed by atoms with E-state index in [9.17, 15) is 4.79 Å². The number of rotatable bonds is 4. The van der Waals surface area contributed by atoms with Crippen LogP contribution in [-0.2, 0) is 18.3 Å². The number of amides is 1. The van der Waals surface area contributed by atoms with Gasteiger partial charge in [-0.05, 0) is 68.9 Å². The lowest BCUT2D eigenvalue weighted by atomic mass is 9.98. The molecule has 1 aliphatic heterocycles. The fraction of sp³-hybridized carbons (Fsp3) is 0.455. The molecule has 146 valence electrons. The molecular formula is C22H27N5O. The summed E-state index contributed by atoms with van der Waals surface area (Å²) in [6.45, 7) is 7.01. The van der Waals surface area contributed by atoms with E-state index < -0.39 is 0 Å². The fourth-order valence-corrected chi connectivity index (χ4v) is 4.60. The van der Waals surface area contributed by atoms with Crippen molar-refractivity contribution in [1.82, 2.24) is 24.6 Å². The molecule has 1 fully saturated rings. The average molecular weight is 377 g/mol. The molecule has 1 amide bonds. The first-order chi connectivity index (χ1) is 13.5. The number of carbonyl (C=O) groups excluding carboxylic acids is 1. The summed E-state index contributed by atoms with van der Waals surface area (Å²) >= 11 is 0. The number of aromatic nitrogens is 4. The van der Waals surface area contributed by atoms with E-state index in [-0.39, 0.29) is 11.9 Å². The standard InChI is InChI=1S/C22H27N5O/c1-14-18(15(2)24-22-21(14)16(3)25-26(22)4)7-8-20(28)27-13-5-6-19(27)17-9-11-23-12-10-17/h9-12,19H,5-8,13H2,1-4H3/t19-/m1/s1. The van der Waals surface area contributed by atoms with Gasteiger partial charge in [-0.25, -0.2) is 4.98 Å². The van der Waals surface area contributed by atoms with Gasteiger partial charge in [0.05, 0.1) is 11.7 Å². The predicted octanol–water partition coefficient (Wildman–Crippen LogP) is 3.58. The Morgan fingerprint density at radius 1 is 1.18 bits per heavy atom. The summed E-state index contributed by atoms with van der Waals surface area (Å²) in [6, 6.07) is 4.22. The van der Waals surface area contributed by atoms with Gasteiger partial charge < -0.3 is 4.90 Å². The number of nitrogens with zero attached hydrogens (tertiary/aromatic N) is 5. The van der Waals surface area contributed by atoms with Crippen molar-refractivity contribution < 1.29 is 4.79 Å². The highest BCUT2D eigenvalue weighted by atomic mass is 16.2. The summed E-state index contributed by atoms with van der Waals surface area (Å²) in [4.78, 5) is 23.9. The first-order valence-electron chi connectivity index (χ1n) is 9.96. The van der Waals surface area contributed by atoms with Gasteiger partial charge in [-0.15, -0.1) is 0 Å². The van der Waals surface area contributed by atoms with E-state index in [0.717, 1.165) is 41.8 Å². The third-order valence-electron chi connectivity index (χ3n) is 5.98. The summed E-state index contributed by atoms with van der Waals surface area (Å²) in [5.41, 5.74) is 6.46. The minimum absolute atomic E-state index is 0.180. The maximum absolute atomic E-state index is 13.0. The third kappa shape index (κ3) is 3.17. The Bertz CT molecular complexity index is 1020. The highest BCUT2D eigenvalue weighted by Gasteiger charge is 2.29. The Morgan fingerprint density at radius 3 is 2.68 bits per heavy atom. The van der Waals surface area contributed by atoms with Gasteiger partial charge in [0.15, 0.2) is 5.65 Å². The van der Waals surface area contributed by atoms with E-state index in [2.05, 4.69) is 17.0 Å². The first-order valence-corrected chi connectivity index (χ1v) is 9.96. The van der Waals surface area contributed by atoms with Crippen molar-refractivity contribution >= 4 is 16.9 Å². The van der Waals surface area contributed by atoms with Crippen LogP contribution in [0, 0.1) is 20.8 Å². The van der Waals surface area contributed by atoms with Gasteiger partial charge in [0.1, 0.15) is 0 Å². The van der Waals surface area contributed by atoms with Gasteiger partial charge in [0.25, 0.3) is 0 Å². The Labute approximate surface area is 165 Å². The van der Waals surface area contributed by atoms with E-state index >= 15 is 0 Å². The molecule has 4 rings (SSSR count). The molecule has 4 heterocycles. The zero-order valence-electron chi connectivity index (χ0n) is 17.1. The number of hydrogen-bond acceptors (Lipinski definition) is 4. The second kappa shape index (κ2) is 7.34. The molecular weight excluding hydrogens is 350 g/mol. The summed E-state index contributed by atoms with van der Waals surface area (Å²) < 4.78 is 1.84. The van der Waals surface area contributed by atoms with Crippen LogP contribution in [0.4, 0.5) is 0 Å². The van der Waals surface area contributed by atoms with Crippen LogP contribution in [0.15, 0.2) is 24.5 Å². The molecule has 3 aromatic heterocycles. The summed E-state index contributed by atoms with van der Waals surface area (Å²) in [7, 11) is 1.93. The minimum atomic E-state index is 0.180. The molecule has 0 N–H and O–H groups in total. The van der Waals surface area contributed by atoms with Gasteiger partial charge in [-0.2, -0.15) is 5.10 Å². The van der Waals surface area contributed by atoms with Crippen molar-refractivity contribution in [2.24, 2.45) is 7.05 Å². The Hall–Kier alpha value is -2.76. The van der Waals surface area contributed by atoms with E-state index in [0.29, 0.717) is 12.8 Å². The molecule has 0 radical (unpaired) electrons. The van der Waals surface area contributed by atoms with Crippen molar-refractivity contribution in [2.75, 3.05) is 6.54 Å². The van der Waals surface area contributed by atoms with Gasteiger partial charge in [-0.3, -0.25) is 14.5 Å². The van der Waals surface area contributed by atoms with E-state index in [1.165, 1.54) is 16.7 Å². The Morgan fingerprint density at radius 2 is 1.93 bits per heavy atom. The van der Waals surface area contributed by atoms with E-state index in [1.54, 1.807) is 12.4 Å². The lowest BCUT2D eigenvalue weighted by Gasteiger charge is -2.25. The number of pyridine rings is 2. The van der Waals surface area contributed by atoms with Crippen LogP contribution >= 0.6 is 0 Å². The van der Waals surface area contributed by atoms with Gasteiger partial charge in [0.2, 0.25) is 5.91 Å². The Balaban J connectivity index is 1.54. The molecule has 0 bridgehead atoms. The SMILES string of the molecule is Cc1nc2c(c(C)nn2C)c(C)c1CCC(=O)N1CCC[C@@H]1c1ccncc1. The third-order valence-corrected chi connectivity index (χ3v) is 5.98. The largest absolute Gasteiger partial charge is 0.336 e. The van der Waals surface area contributed by atoms with Gasteiger partial charge >= 0.3 is 0 Å². The van der Waals surface area contributed by atoms with Crippen LogP contribution in [0.1, 0.15) is 53.4 Å². The fourth-order valence-electron chi connectivity index (χ4n) is 4.60. The molecule has 1 aliphatic rings. The Kier molecular flexibility index (Phi) is 4.87. The molecule has 3 aromatic rings. The average Bonchev–Trinajstić information content (AvgIpc) is 3.27. The molecule has 6 heteroatoms. The highest BCUT2D eigenvalue weighted by Crippen LogP contribution is 2.32. The molecule has 0 unspecified atom stereocenters. The van der Waals surface area contributed by atoms with E-state index in [1.807, 2.05) is 42.6 Å². The first kappa shape index (κ1) is 18.6. The molecule has 0 aromatic carbocycles. The lowest BCUT2D eigenvalue weighted by molar-refractivity contribution is -0.132. The molecule has 28 heavy (non-hydrogen) atoms. The zero-order valence-corrected chi connectivity index (χ0v) is 17.1. The monoisotopic (exact) mass is 377 g/mol. The lowest BCUT2D eigenvalue weighted by Crippen LogP contribution is -2.30. The summed E-state index contributed by atoms with van der Waals surface area (Å²) in [5, 5.41) is 5.63. The van der Waals surface area contributed by atoms with Crippen molar-refractivity contribution in [2.45, 2.75) is 52.5 Å². The van der Waals surface area contributed by atoms with Crippen LogP contribution in [0.3, 0.4) is 0 Å². The maximum atomic E-state index is 13.0. The van der Waals surface area contributed by atoms with Crippen LogP contribution < -0.4 is 0 Å². The number of carbonyl (C=O) groups is 1. The second-order valence-corrected chi connectivity index (χ2v) is 7.73. The molecule has 0 aliphatic carbocycles. The zero-order chi connectivity index (χ0) is 19.8. The number of aryl methyl sites for hydroxylation is 4. The molecule has 6 nitrogen and oxygen atoms in total. The molecule has 0 spiro atoms. The van der Waals surface area contributed by atoms with Crippen molar-refractivity contribution in [3.63, 3.8) is 0 Å². The van der Waals surface area contributed by atoms with Gasteiger partial charge in [-0.1, -0.05) is 0 Å². The normalized spacial score (nSPS) is 16.9. The van der Waals surface area contributed by atoms with Crippen LogP contribution in [0.5, 0.6) is 0 Å². The topological polar surface area (TPSA) is 63.9 Å². The van der Waals surface area contributed by atoms with Gasteiger partial charge in [0, 0.05) is 43.5 Å². The van der Waals surface area contributed by atoms with Crippen molar-refractivity contribution in [3.8, 4) is 0 Å². The highest BCUT2D eigenvalue weighted by molar-refractivity contribution is 5.84.